The molecular formula is C15H18N2O2S. The molecule has 1 aromatic heterocycles. The average Bonchev–Trinajstić information content (AvgIpc) is 2.84. The molecular weight excluding hydrogens is 272 g/mol. The van der Waals surface area contributed by atoms with E-state index >= 15 is 0 Å². The fraction of sp³-hybridized carbons (Fsp3) is 0.333. The third-order valence-corrected chi connectivity index (χ3v) is 3.74. The molecule has 20 heavy (non-hydrogen) atoms. The molecule has 0 aliphatic carbocycles. The standard InChI is InChI=1S/C15H18N2O2S/c1-11-3-5-13(6-4-11)19-9-14(18)16-8-7-15-17-12(2)10-20-15/h3-6,10H,7-9H2,1-2H3,(H,16,18). The van der Waals surface area contributed by atoms with Crippen LogP contribution in [0.4, 0.5) is 0 Å². The second kappa shape index (κ2) is 7.05. The summed E-state index contributed by atoms with van der Waals surface area (Å²) >= 11 is 1.62. The van der Waals surface area contributed by atoms with Crippen molar-refractivity contribution in [2.24, 2.45) is 0 Å². The fourth-order valence-electron chi connectivity index (χ4n) is 1.66. The molecule has 0 unspecified atom stereocenters. The zero-order valence-corrected chi connectivity index (χ0v) is 12.5. The van der Waals surface area contributed by atoms with Crippen molar-refractivity contribution in [1.29, 1.82) is 0 Å². The summed E-state index contributed by atoms with van der Waals surface area (Å²) in [6.45, 7) is 4.60. The number of ether oxygens (including phenoxy) is 1. The average molecular weight is 290 g/mol. The Labute approximate surface area is 122 Å². The van der Waals surface area contributed by atoms with Gasteiger partial charge in [0.25, 0.3) is 5.91 Å². The number of aryl methyl sites for hydroxylation is 2. The molecule has 2 aromatic rings. The van der Waals surface area contributed by atoms with E-state index < -0.39 is 0 Å². The van der Waals surface area contributed by atoms with Crippen molar-refractivity contribution in [3.8, 4) is 5.75 Å². The number of amides is 1. The summed E-state index contributed by atoms with van der Waals surface area (Å²) in [4.78, 5) is 16.0. The molecule has 4 nitrogen and oxygen atoms in total. The van der Waals surface area contributed by atoms with Crippen molar-refractivity contribution < 1.29 is 9.53 Å². The maximum Gasteiger partial charge on any atom is 0.257 e. The molecule has 5 heteroatoms. The van der Waals surface area contributed by atoms with Crippen LogP contribution in [-0.2, 0) is 11.2 Å². The van der Waals surface area contributed by atoms with E-state index in [1.165, 1.54) is 5.56 Å². The molecule has 0 saturated heterocycles. The first kappa shape index (κ1) is 14.5. The van der Waals surface area contributed by atoms with Gasteiger partial charge in [-0.15, -0.1) is 11.3 Å². The Bertz CT molecular complexity index is 564. The number of aromatic nitrogens is 1. The summed E-state index contributed by atoms with van der Waals surface area (Å²) in [5.74, 6) is 0.597. The zero-order chi connectivity index (χ0) is 14.4. The van der Waals surface area contributed by atoms with Crippen LogP contribution in [0.1, 0.15) is 16.3 Å². The smallest absolute Gasteiger partial charge is 0.257 e. The van der Waals surface area contributed by atoms with E-state index in [9.17, 15) is 4.79 Å². The second-order valence-electron chi connectivity index (χ2n) is 4.58. The van der Waals surface area contributed by atoms with Crippen LogP contribution in [0.3, 0.4) is 0 Å². The molecule has 0 bridgehead atoms. The first-order valence-electron chi connectivity index (χ1n) is 6.50. The van der Waals surface area contributed by atoms with Crippen molar-refractivity contribution >= 4 is 17.2 Å². The van der Waals surface area contributed by atoms with Crippen molar-refractivity contribution in [2.75, 3.05) is 13.2 Å². The Morgan fingerprint density at radius 3 is 2.70 bits per heavy atom. The van der Waals surface area contributed by atoms with Gasteiger partial charge < -0.3 is 10.1 Å². The molecule has 1 amide bonds. The van der Waals surface area contributed by atoms with Crippen LogP contribution in [0.2, 0.25) is 0 Å². The zero-order valence-electron chi connectivity index (χ0n) is 11.7. The van der Waals surface area contributed by atoms with Gasteiger partial charge in [0.2, 0.25) is 0 Å². The van der Waals surface area contributed by atoms with Crippen LogP contribution in [0.25, 0.3) is 0 Å². The van der Waals surface area contributed by atoms with Gasteiger partial charge >= 0.3 is 0 Å². The van der Waals surface area contributed by atoms with Gasteiger partial charge in [0.1, 0.15) is 5.75 Å². The molecule has 0 aliphatic heterocycles. The van der Waals surface area contributed by atoms with E-state index in [-0.39, 0.29) is 12.5 Å². The number of carbonyl (C=O) groups excluding carboxylic acids is 1. The Balaban J connectivity index is 1.66. The molecule has 2 rings (SSSR count). The fourth-order valence-corrected chi connectivity index (χ4v) is 2.44. The molecule has 1 aromatic carbocycles. The molecule has 0 radical (unpaired) electrons. The second-order valence-corrected chi connectivity index (χ2v) is 5.53. The van der Waals surface area contributed by atoms with E-state index in [1.54, 1.807) is 11.3 Å². The topological polar surface area (TPSA) is 51.2 Å². The van der Waals surface area contributed by atoms with Gasteiger partial charge in [-0.2, -0.15) is 0 Å². The van der Waals surface area contributed by atoms with Gasteiger partial charge in [0.15, 0.2) is 6.61 Å². The first-order valence-corrected chi connectivity index (χ1v) is 7.38. The lowest BCUT2D eigenvalue weighted by Gasteiger charge is -2.07. The lowest BCUT2D eigenvalue weighted by atomic mass is 10.2. The molecule has 0 aliphatic rings. The number of nitrogens with one attached hydrogen (secondary N) is 1. The maximum atomic E-state index is 11.6. The van der Waals surface area contributed by atoms with E-state index in [2.05, 4.69) is 10.3 Å². The highest BCUT2D eigenvalue weighted by Gasteiger charge is 2.04. The lowest BCUT2D eigenvalue weighted by molar-refractivity contribution is -0.123. The highest BCUT2D eigenvalue weighted by atomic mass is 32.1. The van der Waals surface area contributed by atoms with Gasteiger partial charge in [0, 0.05) is 24.0 Å². The first-order chi connectivity index (χ1) is 9.63. The molecule has 0 fully saturated rings. The van der Waals surface area contributed by atoms with E-state index in [0.29, 0.717) is 12.3 Å². The predicted molar refractivity (Wildman–Crippen MR) is 80.2 cm³/mol. The molecule has 0 atom stereocenters. The van der Waals surface area contributed by atoms with Crippen molar-refractivity contribution in [2.45, 2.75) is 20.3 Å². The van der Waals surface area contributed by atoms with Gasteiger partial charge in [-0.05, 0) is 26.0 Å². The number of carbonyl (C=O) groups is 1. The Hall–Kier alpha value is -1.88. The highest BCUT2D eigenvalue weighted by molar-refractivity contribution is 7.09. The lowest BCUT2D eigenvalue weighted by Crippen LogP contribution is -2.30. The minimum absolute atomic E-state index is 0.0416. The molecule has 106 valence electrons. The maximum absolute atomic E-state index is 11.6. The number of thiazole rings is 1. The molecule has 1 heterocycles. The van der Waals surface area contributed by atoms with Crippen LogP contribution < -0.4 is 10.1 Å². The van der Waals surface area contributed by atoms with Crippen molar-refractivity contribution in [3.63, 3.8) is 0 Å². The van der Waals surface area contributed by atoms with E-state index in [4.69, 9.17) is 4.74 Å². The SMILES string of the molecule is Cc1ccc(OCC(=O)NCCc2nc(C)cs2)cc1. The predicted octanol–water partition coefficient (Wildman–Crippen LogP) is 2.50. The van der Waals surface area contributed by atoms with Gasteiger partial charge in [0.05, 0.1) is 5.01 Å². The minimum atomic E-state index is -0.112. The van der Waals surface area contributed by atoms with Crippen LogP contribution in [-0.4, -0.2) is 24.0 Å². The summed E-state index contributed by atoms with van der Waals surface area (Å²) in [7, 11) is 0. The Kier molecular flexibility index (Phi) is 5.12. The van der Waals surface area contributed by atoms with Crippen LogP contribution in [0, 0.1) is 13.8 Å². The van der Waals surface area contributed by atoms with Crippen LogP contribution >= 0.6 is 11.3 Å². The Morgan fingerprint density at radius 1 is 1.30 bits per heavy atom. The number of benzene rings is 1. The monoisotopic (exact) mass is 290 g/mol. The van der Waals surface area contributed by atoms with Crippen molar-refractivity contribution in [3.05, 3.63) is 45.9 Å². The largest absolute Gasteiger partial charge is 0.484 e. The minimum Gasteiger partial charge on any atom is -0.484 e. The summed E-state index contributed by atoms with van der Waals surface area (Å²) in [6, 6.07) is 7.64. The normalized spacial score (nSPS) is 10.3. The third kappa shape index (κ3) is 4.66. The summed E-state index contributed by atoms with van der Waals surface area (Å²) in [5.41, 5.74) is 2.19. The van der Waals surface area contributed by atoms with Crippen LogP contribution in [0.15, 0.2) is 29.6 Å². The summed E-state index contributed by atoms with van der Waals surface area (Å²) < 4.78 is 5.40. The van der Waals surface area contributed by atoms with E-state index in [1.807, 2.05) is 43.5 Å². The number of rotatable bonds is 6. The summed E-state index contributed by atoms with van der Waals surface area (Å²) in [6.07, 6.45) is 0.759. The number of nitrogens with zero attached hydrogens (tertiary/aromatic N) is 1. The molecule has 1 N–H and O–H groups in total. The van der Waals surface area contributed by atoms with E-state index in [0.717, 1.165) is 17.1 Å². The summed E-state index contributed by atoms with van der Waals surface area (Å²) in [5, 5.41) is 5.88. The van der Waals surface area contributed by atoms with Gasteiger partial charge in [-0.3, -0.25) is 4.79 Å². The number of hydrogen-bond acceptors (Lipinski definition) is 4. The van der Waals surface area contributed by atoms with Gasteiger partial charge in [-0.25, -0.2) is 4.98 Å². The van der Waals surface area contributed by atoms with Crippen molar-refractivity contribution in [1.82, 2.24) is 10.3 Å². The third-order valence-electron chi connectivity index (χ3n) is 2.72. The molecule has 0 spiro atoms. The van der Waals surface area contributed by atoms with Gasteiger partial charge in [-0.1, -0.05) is 17.7 Å². The quantitative estimate of drug-likeness (QED) is 0.889. The Morgan fingerprint density at radius 2 is 2.05 bits per heavy atom. The highest BCUT2D eigenvalue weighted by Crippen LogP contribution is 2.11. The molecule has 0 saturated carbocycles. The van der Waals surface area contributed by atoms with Crippen LogP contribution in [0.5, 0.6) is 5.75 Å². The number of hydrogen-bond donors (Lipinski definition) is 1.